The molecule has 0 bridgehead atoms. The van der Waals surface area contributed by atoms with Crippen molar-refractivity contribution < 1.29 is 13.2 Å². The van der Waals surface area contributed by atoms with Crippen LogP contribution in [0.15, 0.2) is 12.7 Å². The summed E-state index contributed by atoms with van der Waals surface area (Å²) in [4.78, 5) is 13.8. The van der Waals surface area contributed by atoms with E-state index in [0.29, 0.717) is 32.5 Å². The third-order valence-corrected chi connectivity index (χ3v) is 7.76. The van der Waals surface area contributed by atoms with Crippen molar-refractivity contribution in [1.29, 1.82) is 0 Å². The van der Waals surface area contributed by atoms with Crippen molar-refractivity contribution in [2.75, 3.05) is 26.2 Å². The van der Waals surface area contributed by atoms with Crippen molar-refractivity contribution in [3.8, 4) is 0 Å². The highest BCUT2D eigenvalue weighted by Crippen LogP contribution is 2.41. The first-order valence-corrected chi connectivity index (χ1v) is 9.72. The molecule has 0 radical (unpaired) electrons. The summed E-state index contributed by atoms with van der Waals surface area (Å²) in [6.45, 7) is 9.92. The van der Waals surface area contributed by atoms with Gasteiger partial charge < -0.3 is 4.90 Å². The summed E-state index contributed by atoms with van der Waals surface area (Å²) in [6.07, 6.45) is 5.57. The summed E-state index contributed by atoms with van der Waals surface area (Å²) in [6, 6.07) is 0. The Labute approximate surface area is 134 Å². The molecule has 6 heteroatoms. The van der Waals surface area contributed by atoms with Gasteiger partial charge in [0.15, 0.2) is 0 Å². The molecule has 2 fully saturated rings. The van der Waals surface area contributed by atoms with Crippen LogP contribution in [0, 0.1) is 5.41 Å². The monoisotopic (exact) mass is 328 g/mol. The number of rotatable bonds is 5. The Morgan fingerprint density at radius 2 is 1.95 bits per heavy atom. The number of amides is 1. The van der Waals surface area contributed by atoms with E-state index in [4.69, 9.17) is 0 Å². The zero-order chi connectivity index (χ0) is 16.4. The maximum absolute atomic E-state index is 12.5. The lowest BCUT2D eigenvalue weighted by atomic mass is 9.73. The molecule has 0 aliphatic carbocycles. The van der Waals surface area contributed by atoms with Gasteiger partial charge in [0.05, 0.1) is 5.25 Å². The lowest BCUT2D eigenvalue weighted by Gasteiger charge is -2.47. The van der Waals surface area contributed by atoms with E-state index in [9.17, 15) is 13.2 Å². The summed E-state index contributed by atoms with van der Waals surface area (Å²) in [5.41, 5.74) is 0.0956. The second-order valence-electron chi connectivity index (χ2n) is 6.73. The Morgan fingerprint density at radius 3 is 2.50 bits per heavy atom. The molecule has 2 aliphatic heterocycles. The Balaban J connectivity index is 2.02. The van der Waals surface area contributed by atoms with Gasteiger partial charge in [-0.2, -0.15) is 0 Å². The second-order valence-corrected chi connectivity index (χ2v) is 9.08. The van der Waals surface area contributed by atoms with Crippen molar-refractivity contribution in [3.05, 3.63) is 12.7 Å². The lowest BCUT2D eigenvalue weighted by Crippen LogP contribution is -2.53. The van der Waals surface area contributed by atoms with Crippen LogP contribution in [0.2, 0.25) is 0 Å². The minimum atomic E-state index is -3.17. The van der Waals surface area contributed by atoms with Crippen LogP contribution in [0.3, 0.4) is 0 Å². The zero-order valence-electron chi connectivity index (χ0n) is 13.8. The third kappa shape index (κ3) is 3.38. The molecule has 0 aromatic rings. The molecule has 22 heavy (non-hydrogen) atoms. The molecule has 1 atom stereocenters. The van der Waals surface area contributed by atoms with E-state index >= 15 is 0 Å². The summed E-state index contributed by atoms with van der Waals surface area (Å²) in [5.74, 6) is 0.195. The standard InChI is InChI=1S/C16H28N2O3S/c1-4-10-17-13-16(7-6-15(17)19)8-11-18(12-9-16)22(20,21)14(3)5-2/h4,14H,1,5-13H2,2-3H3/t14-/m1/s1. The fourth-order valence-corrected chi connectivity index (χ4v) is 5.13. The van der Waals surface area contributed by atoms with Crippen LogP contribution in [0.25, 0.3) is 0 Å². The number of nitrogens with zero attached hydrogens (tertiary/aromatic N) is 2. The smallest absolute Gasteiger partial charge is 0.222 e. The SMILES string of the molecule is C=CCN1CC2(CCC1=O)CCN(S(=O)(=O)[C@H](C)CC)CC2. The fraction of sp³-hybridized carbons (Fsp3) is 0.812. The Bertz CT molecular complexity index is 522. The lowest BCUT2D eigenvalue weighted by molar-refractivity contribution is -0.138. The fourth-order valence-electron chi connectivity index (χ4n) is 3.51. The van der Waals surface area contributed by atoms with E-state index < -0.39 is 10.0 Å². The normalized spacial score (nSPS) is 24.5. The average Bonchev–Trinajstić information content (AvgIpc) is 2.51. The average molecular weight is 328 g/mol. The minimum absolute atomic E-state index is 0.0956. The molecule has 1 amide bonds. The van der Waals surface area contributed by atoms with E-state index in [1.807, 2.05) is 11.8 Å². The summed E-state index contributed by atoms with van der Waals surface area (Å²) < 4.78 is 26.6. The van der Waals surface area contributed by atoms with Crippen molar-refractivity contribution in [1.82, 2.24) is 9.21 Å². The largest absolute Gasteiger partial charge is 0.338 e. The highest BCUT2D eigenvalue weighted by Gasteiger charge is 2.43. The van der Waals surface area contributed by atoms with E-state index in [1.54, 1.807) is 17.3 Å². The molecule has 2 saturated heterocycles. The molecule has 0 aromatic heterocycles. The molecule has 1 spiro atoms. The van der Waals surface area contributed by atoms with Crippen molar-refractivity contribution in [2.45, 2.75) is 51.2 Å². The first kappa shape index (κ1) is 17.5. The van der Waals surface area contributed by atoms with Crippen molar-refractivity contribution in [2.24, 2.45) is 5.41 Å². The van der Waals surface area contributed by atoms with Crippen LogP contribution >= 0.6 is 0 Å². The quantitative estimate of drug-likeness (QED) is 0.725. The van der Waals surface area contributed by atoms with Gasteiger partial charge in [-0.25, -0.2) is 12.7 Å². The molecule has 2 heterocycles. The van der Waals surface area contributed by atoms with Crippen LogP contribution < -0.4 is 0 Å². The summed E-state index contributed by atoms with van der Waals surface area (Å²) >= 11 is 0. The number of likely N-dealkylation sites (tertiary alicyclic amines) is 1. The zero-order valence-corrected chi connectivity index (χ0v) is 14.6. The number of hydrogen-bond donors (Lipinski definition) is 0. The topological polar surface area (TPSA) is 57.7 Å². The Kier molecular flexibility index (Phi) is 5.33. The first-order chi connectivity index (χ1) is 10.3. The number of hydrogen-bond acceptors (Lipinski definition) is 3. The van der Waals surface area contributed by atoms with Crippen LogP contribution in [0.4, 0.5) is 0 Å². The maximum atomic E-state index is 12.5. The first-order valence-electron chi connectivity index (χ1n) is 8.22. The number of piperidine rings is 2. The third-order valence-electron chi connectivity index (χ3n) is 5.32. The van der Waals surface area contributed by atoms with E-state index in [2.05, 4.69) is 6.58 Å². The van der Waals surface area contributed by atoms with E-state index in [-0.39, 0.29) is 16.6 Å². The minimum Gasteiger partial charge on any atom is -0.338 e. The van der Waals surface area contributed by atoms with Crippen molar-refractivity contribution >= 4 is 15.9 Å². The van der Waals surface area contributed by atoms with Crippen LogP contribution in [-0.2, 0) is 14.8 Å². The van der Waals surface area contributed by atoms with Gasteiger partial charge in [-0.3, -0.25) is 4.79 Å². The summed E-state index contributed by atoms with van der Waals surface area (Å²) in [5, 5.41) is -0.313. The molecule has 5 nitrogen and oxygen atoms in total. The Hall–Kier alpha value is -0.880. The van der Waals surface area contributed by atoms with Crippen LogP contribution in [0.5, 0.6) is 0 Å². The van der Waals surface area contributed by atoms with Crippen molar-refractivity contribution in [3.63, 3.8) is 0 Å². The molecule has 2 rings (SSSR count). The predicted molar refractivity (Wildman–Crippen MR) is 87.9 cm³/mol. The molecule has 2 aliphatic rings. The molecule has 0 N–H and O–H groups in total. The maximum Gasteiger partial charge on any atom is 0.222 e. The van der Waals surface area contributed by atoms with Gasteiger partial charge in [-0.05, 0) is 38.0 Å². The van der Waals surface area contributed by atoms with Gasteiger partial charge >= 0.3 is 0 Å². The van der Waals surface area contributed by atoms with Gasteiger partial charge in [-0.15, -0.1) is 6.58 Å². The summed E-state index contributed by atoms with van der Waals surface area (Å²) in [7, 11) is -3.17. The van der Waals surface area contributed by atoms with E-state index in [0.717, 1.165) is 25.8 Å². The highest BCUT2D eigenvalue weighted by molar-refractivity contribution is 7.89. The van der Waals surface area contributed by atoms with Crippen LogP contribution in [-0.4, -0.2) is 55.0 Å². The van der Waals surface area contributed by atoms with E-state index in [1.165, 1.54) is 0 Å². The van der Waals surface area contributed by atoms with Gasteiger partial charge in [-0.1, -0.05) is 13.0 Å². The molecule has 0 unspecified atom stereocenters. The molecule has 126 valence electrons. The van der Waals surface area contributed by atoms with Gasteiger partial charge in [0.2, 0.25) is 15.9 Å². The predicted octanol–water partition coefficient (Wildman–Crippen LogP) is 2.01. The number of carbonyl (C=O) groups excluding carboxylic acids is 1. The second kappa shape index (κ2) is 6.71. The van der Waals surface area contributed by atoms with Crippen LogP contribution in [0.1, 0.15) is 46.0 Å². The molecule has 0 saturated carbocycles. The molecular formula is C16H28N2O3S. The van der Waals surface area contributed by atoms with Gasteiger partial charge in [0, 0.05) is 32.6 Å². The highest BCUT2D eigenvalue weighted by atomic mass is 32.2. The number of carbonyl (C=O) groups is 1. The Morgan fingerprint density at radius 1 is 1.32 bits per heavy atom. The number of sulfonamides is 1. The van der Waals surface area contributed by atoms with Gasteiger partial charge in [0.1, 0.15) is 0 Å². The molecular weight excluding hydrogens is 300 g/mol. The van der Waals surface area contributed by atoms with Gasteiger partial charge in [0.25, 0.3) is 0 Å². The molecule has 0 aromatic carbocycles.